The van der Waals surface area contributed by atoms with Crippen molar-refractivity contribution < 1.29 is 4.74 Å². The second-order valence-electron chi connectivity index (χ2n) is 4.41. The molecule has 0 aliphatic rings. The van der Waals surface area contributed by atoms with E-state index in [2.05, 4.69) is 39.6 Å². The quantitative estimate of drug-likeness (QED) is 0.813. The predicted octanol–water partition coefficient (Wildman–Crippen LogP) is 3.13. The molecule has 1 atom stereocenters. The molecule has 1 heterocycles. The molecule has 2 aromatic rings. The molecule has 4 nitrogen and oxygen atoms in total. The van der Waals surface area contributed by atoms with E-state index in [1.54, 1.807) is 7.11 Å². The molecule has 0 spiro atoms. The third-order valence-corrected chi connectivity index (χ3v) is 3.82. The summed E-state index contributed by atoms with van der Waals surface area (Å²) < 4.78 is 13.6. The Balaban J connectivity index is 2.12. The first-order valence-corrected chi connectivity index (χ1v) is 7.12. The molecule has 0 saturated heterocycles. The van der Waals surface area contributed by atoms with Crippen LogP contribution in [0.4, 0.5) is 0 Å². The maximum atomic E-state index is 5.29. The average Bonchev–Trinajstić information content (AvgIpc) is 2.97. The van der Waals surface area contributed by atoms with Crippen molar-refractivity contribution in [1.29, 1.82) is 0 Å². The largest absolute Gasteiger partial charge is 0.497 e. The predicted molar refractivity (Wildman–Crippen MR) is 77.4 cm³/mol. The summed E-state index contributed by atoms with van der Waals surface area (Å²) in [5.41, 5.74) is 2.28. The maximum absolute atomic E-state index is 5.29. The Morgan fingerprint density at radius 2 is 2.26 bits per heavy atom. The van der Waals surface area contributed by atoms with Gasteiger partial charge in [-0.2, -0.15) is 8.75 Å². The van der Waals surface area contributed by atoms with Crippen molar-refractivity contribution in [2.75, 3.05) is 13.7 Å². The van der Waals surface area contributed by atoms with E-state index in [9.17, 15) is 0 Å². The molecular weight excluding hydrogens is 258 g/mol. The van der Waals surface area contributed by atoms with Crippen molar-refractivity contribution in [2.45, 2.75) is 26.4 Å². The molecule has 1 aromatic carbocycles. The van der Waals surface area contributed by atoms with E-state index >= 15 is 0 Å². The summed E-state index contributed by atoms with van der Waals surface area (Å²) in [6, 6.07) is 8.54. The number of nitrogens with zero attached hydrogens (tertiary/aromatic N) is 3. The van der Waals surface area contributed by atoms with Gasteiger partial charge in [-0.25, -0.2) is 0 Å². The average molecular weight is 277 g/mol. The fourth-order valence-corrected chi connectivity index (χ4v) is 2.52. The van der Waals surface area contributed by atoms with E-state index in [1.165, 1.54) is 17.3 Å². The maximum Gasteiger partial charge on any atom is 0.119 e. The van der Waals surface area contributed by atoms with Gasteiger partial charge in [0.05, 0.1) is 30.7 Å². The van der Waals surface area contributed by atoms with E-state index in [0.717, 1.165) is 24.5 Å². The van der Waals surface area contributed by atoms with Crippen LogP contribution in [0, 0.1) is 0 Å². The Bertz CT molecular complexity index is 501. The SMILES string of the molecule is CCN(Cc1cnsn1)[C@@H](C)c1cccc(OC)c1. The summed E-state index contributed by atoms with van der Waals surface area (Å²) in [6.45, 7) is 6.16. The van der Waals surface area contributed by atoms with Gasteiger partial charge < -0.3 is 4.74 Å². The molecule has 0 aliphatic heterocycles. The lowest BCUT2D eigenvalue weighted by atomic mass is 10.1. The first-order chi connectivity index (χ1) is 9.24. The zero-order valence-corrected chi connectivity index (χ0v) is 12.4. The topological polar surface area (TPSA) is 38.2 Å². The Kier molecular flexibility index (Phi) is 4.87. The zero-order chi connectivity index (χ0) is 13.7. The number of hydrogen-bond donors (Lipinski definition) is 0. The van der Waals surface area contributed by atoms with Crippen LogP contribution in [0.25, 0.3) is 0 Å². The van der Waals surface area contributed by atoms with Gasteiger partial charge in [-0.15, -0.1) is 0 Å². The fraction of sp³-hybridized carbons (Fsp3) is 0.429. The summed E-state index contributed by atoms with van der Waals surface area (Å²) in [6.07, 6.45) is 1.84. The van der Waals surface area contributed by atoms with Crippen LogP contribution < -0.4 is 4.74 Å². The van der Waals surface area contributed by atoms with Crippen LogP contribution in [0.1, 0.15) is 31.1 Å². The highest BCUT2D eigenvalue weighted by molar-refractivity contribution is 6.99. The highest BCUT2D eigenvalue weighted by Crippen LogP contribution is 2.24. The van der Waals surface area contributed by atoms with Crippen LogP contribution >= 0.6 is 11.7 Å². The second-order valence-corrected chi connectivity index (χ2v) is 4.97. The molecule has 5 heteroatoms. The Morgan fingerprint density at radius 3 is 2.89 bits per heavy atom. The Hall–Kier alpha value is -1.46. The van der Waals surface area contributed by atoms with E-state index < -0.39 is 0 Å². The van der Waals surface area contributed by atoms with E-state index in [4.69, 9.17) is 4.74 Å². The van der Waals surface area contributed by atoms with Crippen LogP contribution in [-0.4, -0.2) is 27.3 Å². The van der Waals surface area contributed by atoms with Gasteiger partial charge in [-0.05, 0) is 31.2 Å². The summed E-state index contributed by atoms with van der Waals surface area (Å²) in [5.74, 6) is 0.899. The normalized spacial score (nSPS) is 12.6. The minimum absolute atomic E-state index is 0.321. The highest BCUT2D eigenvalue weighted by atomic mass is 32.1. The third-order valence-electron chi connectivity index (χ3n) is 3.30. The standard InChI is InChI=1S/C14H19N3OS/c1-4-17(10-13-9-15-19-16-13)11(2)12-6-5-7-14(8-12)18-3/h5-9,11H,4,10H2,1-3H3/t11-/m0/s1. The number of hydrogen-bond acceptors (Lipinski definition) is 5. The second kappa shape index (κ2) is 6.63. The molecule has 1 aromatic heterocycles. The number of aromatic nitrogens is 2. The summed E-state index contributed by atoms with van der Waals surface area (Å²) in [4.78, 5) is 2.37. The van der Waals surface area contributed by atoms with Crippen molar-refractivity contribution in [1.82, 2.24) is 13.6 Å². The monoisotopic (exact) mass is 277 g/mol. The van der Waals surface area contributed by atoms with Gasteiger partial charge in [0.2, 0.25) is 0 Å². The van der Waals surface area contributed by atoms with Gasteiger partial charge in [-0.3, -0.25) is 4.90 Å². The van der Waals surface area contributed by atoms with E-state index in [0.29, 0.717) is 6.04 Å². The van der Waals surface area contributed by atoms with E-state index in [1.807, 2.05) is 18.3 Å². The van der Waals surface area contributed by atoms with Crippen molar-refractivity contribution in [3.63, 3.8) is 0 Å². The van der Waals surface area contributed by atoms with Gasteiger partial charge >= 0.3 is 0 Å². The molecular formula is C14H19N3OS. The van der Waals surface area contributed by atoms with Crippen LogP contribution in [0.15, 0.2) is 30.5 Å². The number of methoxy groups -OCH3 is 1. The Labute approximate surface area is 118 Å². The molecule has 0 radical (unpaired) electrons. The molecule has 0 aliphatic carbocycles. The molecule has 0 fully saturated rings. The van der Waals surface area contributed by atoms with Crippen molar-refractivity contribution in [3.8, 4) is 5.75 Å². The number of benzene rings is 1. The highest BCUT2D eigenvalue weighted by Gasteiger charge is 2.16. The molecule has 0 saturated carbocycles. The first-order valence-electron chi connectivity index (χ1n) is 6.39. The van der Waals surface area contributed by atoms with Crippen molar-refractivity contribution >= 4 is 11.7 Å². The van der Waals surface area contributed by atoms with Gasteiger partial charge in [0.25, 0.3) is 0 Å². The first kappa shape index (κ1) is 14.0. The van der Waals surface area contributed by atoms with Gasteiger partial charge in [-0.1, -0.05) is 19.1 Å². The third kappa shape index (κ3) is 3.52. The molecule has 0 N–H and O–H groups in total. The summed E-state index contributed by atoms with van der Waals surface area (Å²) in [7, 11) is 1.70. The molecule has 0 unspecified atom stereocenters. The van der Waals surface area contributed by atoms with Crippen LogP contribution in [-0.2, 0) is 6.54 Å². The summed E-state index contributed by atoms with van der Waals surface area (Å²) in [5, 5.41) is 0. The number of rotatable bonds is 6. The summed E-state index contributed by atoms with van der Waals surface area (Å²) >= 11 is 1.26. The fourth-order valence-electron chi connectivity index (χ4n) is 2.10. The molecule has 0 amide bonds. The van der Waals surface area contributed by atoms with Crippen molar-refractivity contribution in [2.24, 2.45) is 0 Å². The van der Waals surface area contributed by atoms with Crippen LogP contribution in [0.2, 0.25) is 0 Å². The number of ether oxygens (including phenoxy) is 1. The minimum atomic E-state index is 0.321. The molecule has 102 valence electrons. The van der Waals surface area contributed by atoms with Gasteiger partial charge in [0.1, 0.15) is 5.75 Å². The smallest absolute Gasteiger partial charge is 0.119 e. The zero-order valence-electron chi connectivity index (χ0n) is 11.5. The minimum Gasteiger partial charge on any atom is -0.497 e. The lowest BCUT2D eigenvalue weighted by Crippen LogP contribution is -2.26. The van der Waals surface area contributed by atoms with Crippen molar-refractivity contribution in [3.05, 3.63) is 41.7 Å². The lowest BCUT2D eigenvalue weighted by molar-refractivity contribution is 0.210. The lowest BCUT2D eigenvalue weighted by Gasteiger charge is -2.27. The van der Waals surface area contributed by atoms with Crippen LogP contribution in [0.3, 0.4) is 0 Å². The molecule has 0 bridgehead atoms. The van der Waals surface area contributed by atoms with Gasteiger partial charge in [0.15, 0.2) is 0 Å². The van der Waals surface area contributed by atoms with Crippen LogP contribution in [0.5, 0.6) is 5.75 Å². The Morgan fingerprint density at radius 1 is 1.42 bits per heavy atom. The van der Waals surface area contributed by atoms with Gasteiger partial charge in [0, 0.05) is 12.6 Å². The van der Waals surface area contributed by atoms with E-state index in [-0.39, 0.29) is 0 Å². The molecule has 2 rings (SSSR count). The molecule has 19 heavy (non-hydrogen) atoms.